The predicted octanol–water partition coefficient (Wildman–Crippen LogP) is 3.43. The zero-order valence-electron chi connectivity index (χ0n) is 15.3. The highest BCUT2D eigenvalue weighted by Crippen LogP contribution is 2.33. The maximum atomic E-state index is 14.2. The topological polar surface area (TPSA) is 74.7 Å². The largest absolute Gasteiger partial charge is 0.510 e. The Balaban J connectivity index is 1.97. The van der Waals surface area contributed by atoms with Crippen LogP contribution < -0.4 is 0 Å². The van der Waals surface area contributed by atoms with Gasteiger partial charge in [0.15, 0.2) is 0 Å². The highest BCUT2D eigenvalue weighted by molar-refractivity contribution is 7.90. The molecule has 0 bridgehead atoms. The van der Waals surface area contributed by atoms with E-state index < -0.39 is 28.2 Å². The first-order valence-corrected chi connectivity index (χ1v) is 11.0. The lowest BCUT2D eigenvalue weighted by Crippen LogP contribution is -2.35. The third kappa shape index (κ3) is 6.30. The number of amides is 1. The molecule has 0 radical (unpaired) electrons. The lowest BCUT2D eigenvalue weighted by molar-refractivity contribution is -0.128. The molecule has 1 aromatic carbocycles. The standard InChI is InChI=1S/C19H25F2NO4S/c1-27(25,26)14-6-5-13-22-16(9-10-18(22)24)17(23)11-12-19(20,21)15-7-3-2-4-8-15/h2-4,7-8,11,16,23H,5-6,9-10,12-14H2,1H3/b17-11+/t16-/m1/s1. The lowest BCUT2D eigenvalue weighted by Gasteiger charge is -2.25. The summed E-state index contributed by atoms with van der Waals surface area (Å²) in [5.41, 5.74) is -0.130. The number of alkyl halides is 2. The molecule has 1 atom stereocenters. The van der Waals surface area contributed by atoms with E-state index in [9.17, 15) is 27.1 Å². The van der Waals surface area contributed by atoms with Crippen molar-refractivity contribution >= 4 is 15.7 Å². The molecule has 150 valence electrons. The number of hydrogen-bond acceptors (Lipinski definition) is 4. The molecule has 8 heteroatoms. The summed E-state index contributed by atoms with van der Waals surface area (Å²) in [6.45, 7) is 0.298. The zero-order chi connectivity index (χ0) is 20.1. The Morgan fingerprint density at radius 1 is 1.30 bits per heavy atom. The lowest BCUT2D eigenvalue weighted by atomic mass is 10.0. The van der Waals surface area contributed by atoms with E-state index in [1.807, 2.05) is 0 Å². The van der Waals surface area contributed by atoms with Crippen molar-refractivity contribution in [3.05, 3.63) is 47.7 Å². The number of hydrogen-bond donors (Lipinski definition) is 1. The summed E-state index contributed by atoms with van der Waals surface area (Å²) in [7, 11) is -3.06. The van der Waals surface area contributed by atoms with E-state index in [0.717, 1.165) is 12.3 Å². The Labute approximate surface area is 158 Å². The Morgan fingerprint density at radius 2 is 1.96 bits per heavy atom. The van der Waals surface area contributed by atoms with Gasteiger partial charge in [-0.25, -0.2) is 17.2 Å². The van der Waals surface area contributed by atoms with E-state index in [4.69, 9.17) is 0 Å². The summed E-state index contributed by atoms with van der Waals surface area (Å²) < 4.78 is 50.8. The van der Waals surface area contributed by atoms with Crippen LogP contribution in [0.5, 0.6) is 0 Å². The molecule has 0 aromatic heterocycles. The van der Waals surface area contributed by atoms with Gasteiger partial charge in [0, 0.05) is 37.0 Å². The fraction of sp³-hybridized carbons (Fsp3) is 0.526. The fourth-order valence-electron chi connectivity index (χ4n) is 3.14. The van der Waals surface area contributed by atoms with Crippen molar-refractivity contribution in [2.75, 3.05) is 18.6 Å². The van der Waals surface area contributed by atoms with Crippen LogP contribution in [0.4, 0.5) is 8.78 Å². The van der Waals surface area contributed by atoms with Crippen LogP contribution in [0, 0.1) is 0 Å². The van der Waals surface area contributed by atoms with E-state index in [-0.39, 0.29) is 29.4 Å². The normalized spacial score (nSPS) is 18.9. The van der Waals surface area contributed by atoms with Gasteiger partial charge in [0.1, 0.15) is 15.6 Å². The summed E-state index contributed by atoms with van der Waals surface area (Å²) in [4.78, 5) is 13.5. The van der Waals surface area contributed by atoms with Gasteiger partial charge in [-0.3, -0.25) is 4.79 Å². The van der Waals surface area contributed by atoms with Crippen molar-refractivity contribution in [2.24, 2.45) is 0 Å². The van der Waals surface area contributed by atoms with Crippen LogP contribution in [0.15, 0.2) is 42.2 Å². The molecule has 0 aliphatic carbocycles. The van der Waals surface area contributed by atoms with Crippen molar-refractivity contribution in [1.82, 2.24) is 4.90 Å². The molecular weight excluding hydrogens is 376 g/mol. The maximum Gasteiger partial charge on any atom is 0.276 e. The fourth-order valence-corrected chi connectivity index (χ4v) is 3.87. The molecule has 1 aliphatic rings. The van der Waals surface area contributed by atoms with Crippen molar-refractivity contribution in [3.8, 4) is 0 Å². The van der Waals surface area contributed by atoms with Gasteiger partial charge in [0.25, 0.3) is 5.92 Å². The van der Waals surface area contributed by atoms with Gasteiger partial charge >= 0.3 is 0 Å². The molecule has 1 heterocycles. The molecule has 27 heavy (non-hydrogen) atoms. The third-order valence-electron chi connectivity index (χ3n) is 4.60. The van der Waals surface area contributed by atoms with Crippen LogP contribution in [0.1, 0.15) is 37.7 Å². The molecule has 1 aliphatic heterocycles. The molecule has 5 nitrogen and oxygen atoms in total. The molecule has 0 unspecified atom stereocenters. The Kier molecular flexibility index (Phi) is 6.97. The van der Waals surface area contributed by atoms with Gasteiger partial charge < -0.3 is 10.0 Å². The van der Waals surface area contributed by atoms with Crippen molar-refractivity contribution < 1.29 is 27.1 Å². The van der Waals surface area contributed by atoms with Crippen LogP contribution in [0.3, 0.4) is 0 Å². The van der Waals surface area contributed by atoms with E-state index >= 15 is 0 Å². The van der Waals surface area contributed by atoms with E-state index in [1.165, 1.54) is 29.2 Å². The molecule has 1 saturated heterocycles. The molecule has 1 aromatic rings. The summed E-state index contributed by atoms with van der Waals surface area (Å²) >= 11 is 0. The number of aliphatic hydroxyl groups is 1. The maximum absolute atomic E-state index is 14.2. The number of likely N-dealkylation sites (tertiary alicyclic amines) is 1. The van der Waals surface area contributed by atoms with Crippen molar-refractivity contribution in [3.63, 3.8) is 0 Å². The van der Waals surface area contributed by atoms with E-state index in [2.05, 4.69) is 0 Å². The number of unbranched alkanes of at least 4 members (excludes halogenated alkanes) is 1. The first-order chi connectivity index (χ1) is 12.6. The molecular formula is C19H25F2NO4S. The summed E-state index contributed by atoms with van der Waals surface area (Å²) in [5.74, 6) is -3.48. The molecule has 2 rings (SSSR count). The van der Waals surface area contributed by atoms with Gasteiger partial charge in [-0.1, -0.05) is 30.3 Å². The Bertz CT molecular complexity index is 778. The molecule has 0 spiro atoms. The van der Waals surface area contributed by atoms with Gasteiger partial charge in [0.05, 0.1) is 6.04 Å². The van der Waals surface area contributed by atoms with Gasteiger partial charge in [-0.15, -0.1) is 0 Å². The summed E-state index contributed by atoms with van der Waals surface area (Å²) in [6.07, 6.45) is 3.07. The zero-order valence-corrected chi connectivity index (χ0v) is 16.1. The number of nitrogens with zero attached hydrogens (tertiary/aromatic N) is 1. The smallest absolute Gasteiger partial charge is 0.276 e. The summed E-state index contributed by atoms with van der Waals surface area (Å²) in [6, 6.07) is 6.75. The van der Waals surface area contributed by atoms with Crippen LogP contribution in [-0.2, 0) is 20.6 Å². The number of benzene rings is 1. The first-order valence-electron chi connectivity index (χ1n) is 8.90. The van der Waals surface area contributed by atoms with Crippen LogP contribution in [0.25, 0.3) is 0 Å². The highest BCUT2D eigenvalue weighted by Gasteiger charge is 2.35. The Hall–Kier alpha value is -1.96. The van der Waals surface area contributed by atoms with Crippen LogP contribution in [-0.4, -0.2) is 48.9 Å². The molecule has 1 fully saturated rings. The van der Waals surface area contributed by atoms with Gasteiger partial charge in [-0.2, -0.15) is 0 Å². The third-order valence-corrected chi connectivity index (χ3v) is 5.63. The monoisotopic (exact) mass is 401 g/mol. The number of halogens is 2. The van der Waals surface area contributed by atoms with Crippen LogP contribution in [0.2, 0.25) is 0 Å². The highest BCUT2D eigenvalue weighted by atomic mass is 32.2. The number of carbonyl (C=O) groups is 1. The van der Waals surface area contributed by atoms with Gasteiger partial charge in [0.2, 0.25) is 5.91 Å². The van der Waals surface area contributed by atoms with Crippen molar-refractivity contribution in [1.29, 1.82) is 0 Å². The number of rotatable bonds is 9. The number of carbonyl (C=O) groups excluding carboxylic acids is 1. The number of allylic oxidation sites excluding steroid dienone is 1. The minimum Gasteiger partial charge on any atom is -0.510 e. The molecule has 1 N–H and O–H groups in total. The van der Waals surface area contributed by atoms with E-state index in [1.54, 1.807) is 6.07 Å². The molecule has 1 amide bonds. The first kappa shape index (κ1) is 21.3. The second-order valence-electron chi connectivity index (χ2n) is 6.88. The Morgan fingerprint density at radius 3 is 2.59 bits per heavy atom. The van der Waals surface area contributed by atoms with E-state index in [0.29, 0.717) is 25.8 Å². The molecule has 0 saturated carbocycles. The average Bonchev–Trinajstić information content (AvgIpc) is 2.97. The summed E-state index contributed by atoms with van der Waals surface area (Å²) in [5, 5.41) is 10.3. The second kappa shape index (κ2) is 8.82. The van der Waals surface area contributed by atoms with Crippen LogP contribution >= 0.6 is 0 Å². The quantitative estimate of drug-likeness (QED) is 0.508. The van der Waals surface area contributed by atoms with Crippen molar-refractivity contribution in [2.45, 2.75) is 44.1 Å². The number of aliphatic hydroxyl groups excluding tert-OH is 1. The second-order valence-corrected chi connectivity index (χ2v) is 9.14. The SMILES string of the molecule is CS(=O)(=O)CCCCN1C(=O)CC[C@@H]1/C(O)=C\CC(F)(F)c1ccccc1. The minimum absolute atomic E-state index is 0.0326. The average molecular weight is 401 g/mol. The number of sulfone groups is 1. The van der Waals surface area contributed by atoms with Gasteiger partial charge in [-0.05, 0) is 25.3 Å². The minimum atomic E-state index is -3.11. The predicted molar refractivity (Wildman–Crippen MR) is 99.3 cm³/mol.